The molecule has 3 aromatic heterocycles. The van der Waals surface area contributed by atoms with Crippen LogP contribution in [-0.2, 0) is 0 Å². The number of thiophene rings is 1. The highest BCUT2D eigenvalue weighted by molar-refractivity contribution is 7.98. The molecule has 0 saturated heterocycles. The molecule has 80 valence electrons. The average molecular weight is 268 g/mol. The Hall–Kier alpha value is -0.910. The molecule has 0 aliphatic carbocycles. The van der Waals surface area contributed by atoms with Crippen molar-refractivity contribution in [2.75, 3.05) is 6.26 Å². The van der Waals surface area contributed by atoms with E-state index >= 15 is 0 Å². The zero-order chi connectivity index (χ0) is 11.1. The first kappa shape index (κ1) is 10.3. The average Bonchev–Trinajstić information content (AvgIpc) is 2.68. The van der Waals surface area contributed by atoms with E-state index in [2.05, 4.69) is 15.0 Å². The van der Waals surface area contributed by atoms with Crippen LogP contribution in [0.4, 0.5) is 0 Å². The number of hydrogen-bond acceptors (Lipinski definition) is 5. The molecule has 3 aromatic rings. The molecule has 16 heavy (non-hydrogen) atoms. The number of halogens is 1. The van der Waals surface area contributed by atoms with E-state index < -0.39 is 0 Å². The molecule has 0 atom stereocenters. The summed E-state index contributed by atoms with van der Waals surface area (Å²) in [6.07, 6.45) is 3.71. The monoisotopic (exact) mass is 267 g/mol. The van der Waals surface area contributed by atoms with Crippen LogP contribution in [0, 0.1) is 0 Å². The molecule has 0 aliphatic rings. The molecule has 0 bridgehead atoms. The van der Waals surface area contributed by atoms with Gasteiger partial charge in [0.15, 0.2) is 10.3 Å². The highest BCUT2D eigenvalue weighted by Gasteiger charge is 2.12. The first-order valence-electron chi connectivity index (χ1n) is 4.54. The van der Waals surface area contributed by atoms with Gasteiger partial charge in [0.1, 0.15) is 4.83 Å². The van der Waals surface area contributed by atoms with Crippen LogP contribution >= 0.6 is 34.7 Å². The molecule has 0 radical (unpaired) electrons. The van der Waals surface area contributed by atoms with Crippen molar-refractivity contribution < 1.29 is 0 Å². The molecule has 6 heteroatoms. The van der Waals surface area contributed by atoms with E-state index in [1.54, 1.807) is 6.20 Å². The highest BCUT2D eigenvalue weighted by atomic mass is 35.5. The smallest absolute Gasteiger partial charge is 0.189 e. The molecule has 0 unspecified atom stereocenters. The van der Waals surface area contributed by atoms with E-state index in [0.717, 1.165) is 20.4 Å². The van der Waals surface area contributed by atoms with Crippen LogP contribution in [0.2, 0.25) is 5.15 Å². The predicted molar refractivity (Wildman–Crippen MR) is 69.5 cm³/mol. The minimum absolute atomic E-state index is 0.511. The number of pyridine rings is 1. The lowest BCUT2D eigenvalue weighted by Crippen LogP contribution is -1.86. The minimum Gasteiger partial charge on any atom is -0.245 e. The second kappa shape index (κ2) is 3.84. The molecular formula is C10H6ClN3S2. The van der Waals surface area contributed by atoms with Gasteiger partial charge in [-0.05, 0) is 18.4 Å². The van der Waals surface area contributed by atoms with Gasteiger partial charge < -0.3 is 0 Å². The van der Waals surface area contributed by atoms with Gasteiger partial charge in [0.2, 0.25) is 0 Å². The SMILES string of the molecule is CSc1nc(Cl)c2sc3ncccc3c2n1. The maximum absolute atomic E-state index is 6.13. The third-order valence-corrected chi connectivity index (χ3v) is 4.25. The van der Waals surface area contributed by atoms with E-state index in [0.29, 0.717) is 10.3 Å². The molecule has 3 rings (SSSR count). The van der Waals surface area contributed by atoms with E-state index in [9.17, 15) is 0 Å². The van der Waals surface area contributed by atoms with Gasteiger partial charge in [0, 0.05) is 11.6 Å². The zero-order valence-electron chi connectivity index (χ0n) is 8.27. The second-order valence-electron chi connectivity index (χ2n) is 3.14. The van der Waals surface area contributed by atoms with Gasteiger partial charge in [-0.1, -0.05) is 23.4 Å². The standard InChI is InChI=1S/C10H6ClN3S2/c1-15-10-13-6-5-3-2-4-12-9(5)16-7(6)8(11)14-10/h2-4H,1H3. The fourth-order valence-corrected chi connectivity index (χ4v) is 3.18. The third kappa shape index (κ3) is 1.47. The highest BCUT2D eigenvalue weighted by Crippen LogP contribution is 2.35. The summed E-state index contributed by atoms with van der Waals surface area (Å²) in [5, 5.41) is 2.25. The summed E-state index contributed by atoms with van der Waals surface area (Å²) in [5.41, 5.74) is 0.900. The number of thioether (sulfide) groups is 1. The van der Waals surface area contributed by atoms with Gasteiger partial charge in [-0.3, -0.25) is 0 Å². The molecular weight excluding hydrogens is 262 g/mol. The molecule has 0 spiro atoms. The Bertz CT molecular complexity index is 680. The van der Waals surface area contributed by atoms with Gasteiger partial charge in [-0.2, -0.15) is 0 Å². The summed E-state index contributed by atoms with van der Waals surface area (Å²) in [7, 11) is 0. The quantitative estimate of drug-likeness (QED) is 0.384. The number of nitrogens with zero attached hydrogens (tertiary/aromatic N) is 3. The van der Waals surface area contributed by atoms with Crippen molar-refractivity contribution in [1.82, 2.24) is 15.0 Å². The van der Waals surface area contributed by atoms with E-state index in [1.165, 1.54) is 23.1 Å². The van der Waals surface area contributed by atoms with Gasteiger partial charge in [0.25, 0.3) is 0 Å². The van der Waals surface area contributed by atoms with Crippen molar-refractivity contribution in [3.63, 3.8) is 0 Å². The van der Waals surface area contributed by atoms with Crippen molar-refractivity contribution in [2.45, 2.75) is 5.16 Å². The molecule has 3 nitrogen and oxygen atoms in total. The molecule has 0 fully saturated rings. The van der Waals surface area contributed by atoms with Gasteiger partial charge >= 0.3 is 0 Å². The first-order chi connectivity index (χ1) is 7.79. The van der Waals surface area contributed by atoms with Crippen molar-refractivity contribution in [3.8, 4) is 0 Å². The van der Waals surface area contributed by atoms with Crippen LogP contribution in [0.25, 0.3) is 20.4 Å². The van der Waals surface area contributed by atoms with E-state index in [-0.39, 0.29) is 0 Å². The zero-order valence-corrected chi connectivity index (χ0v) is 10.7. The summed E-state index contributed by atoms with van der Waals surface area (Å²) >= 11 is 9.15. The maximum Gasteiger partial charge on any atom is 0.189 e. The number of rotatable bonds is 1. The van der Waals surface area contributed by atoms with Crippen LogP contribution in [0.3, 0.4) is 0 Å². The van der Waals surface area contributed by atoms with Crippen molar-refractivity contribution in [1.29, 1.82) is 0 Å². The normalized spacial score (nSPS) is 11.4. The van der Waals surface area contributed by atoms with E-state index in [1.807, 2.05) is 18.4 Å². The van der Waals surface area contributed by atoms with Gasteiger partial charge in [-0.25, -0.2) is 15.0 Å². The van der Waals surface area contributed by atoms with Gasteiger partial charge in [-0.15, -0.1) is 11.3 Å². The topological polar surface area (TPSA) is 38.7 Å². The van der Waals surface area contributed by atoms with Crippen LogP contribution in [-0.4, -0.2) is 21.2 Å². The molecule has 3 heterocycles. The van der Waals surface area contributed by atoms with Crippen LogP contribution < -0.4 is 0 Å². The summed E-state index contributed by atoms with van der Waals surface area (Å²) in [6.45, 7) is 0. The van der Waals surface area contributed by atoms with Crippen molar-refractivity contribution >= 4 is 55.1 Å². The fourth-order valence-electron chi connectivity index (χ4n) is 1.52. The summed E-state index contributed by atoms with van der Waals surface area (Å²) < 4.78 is 0.910. The lowest BCUT2D eigenvalue weighted by atomic mass is 10.3. The Morgan fingerprint density at radius 1 is 1.38 bits per heavy atom. The molecule has 0 aromatic carbocycles. The lowest BCUT2D eigenvalue weighted by molar-refractivity contribution is 1.01. The molecule has 0 saturated carbocycles. The Balaban J connectivity index is 2.51. The summed E-state index contributed by atoms with van der Waals surface area (Å²) in [6, 6.07) is 3.91. The second-order valence-corrected chi connectivity index (χ2v) is 5.27. The third-order valence-electron chi connectivity index (χ3n) is 2.21. The fraction of sp³-hybridized carbons (Fsp3) is 0.100. The first-order valence-corrected chi connectivity index (χ1v) is 6.96. The Labute approximate surface area is 105 Å². The number of hydrogen-bond donors (Lipinski definition) is 0. The molecule has 0 N–H and O–H groups in total. The summed E-state index contributed by atoms with van der Waals surface area (Å²) in [4.78, 5) is 13.9. The maximum atomic E-state index is 6.13. The van der Waals surface area contributed by atoms with Crippen LogP contribution in [0.1, 0.15) is 0 Å². The van der Waals surface area contributed by atoms with Crippen molar-refractivity contribution in [3.05, 3.63) is 23.5 Å². The number of fused-ring (bicyclic) bond motifs is 3. The number of aromatic nitrogens is 3. The van der Waals surface area contributed by atoms with Gasteiger partial charge in [0.05, 0.1) is 10.2 Å². The van der Waals surface area contributed by atoms with E-state index in [4.69, 9.17) is 11.6 Å². The minimum atomic E-state index is 0.511. The Morgan fingerprint density at radius 3 is 3.06 bits per heavy atom. The molecule has 0 aliphatic heterocycles. The summed E-state index contributed by atoms with van der Waals surface area (Å²) in [5.74, 6) is 0. The Morgan fingerprint density at radius 2 is 2.25 bits per heavy atom. The van der Waals surface area contributed by atoms with Crippen molar-refractivity contribution in [2.24, 2.45) is 0 Å². The van der Waals surface area contributed by atoms with Crippen LogP contribution in [0.15, 0.2) is 23.5 Å². The lowest BCUT2D eigenvalue weighted by Gasteiger charge is -1.97. The largest absolute Gasteiger partial charge is 0.245 e. The van der Waals surface area contributed by atoms with Crippen LogP contribution in [0.5, 0.6) is 0 Å². The molecule has 0 amide bonds. The Kier molecular flexibility index (Phi) is 2.46. The predicted octanol–water partition coefficient (Wildman–Crippen LogP) is 3.61.